The third-order valence-electron chi connectivity index (χ3n) is 2.86. The Hall–Kier alpha value is -1.26. The summed E-state index contributed by atoms with van der Waals surface area (Å²) in [5.74, 6) is -0.771. The van der Waals surface area contributed by atoms with Crippen LogP contribution in [0, 0.1) is 11.8 Å². The van der Waals surface area contributed by atoms with Crippen LogP contribution in [-0.2, 0) is 4.79 Å². The fourth-order valence-electron chi connectivity index (χ4n) is 1.81. The van der Waals surface area contributed by atoms with Crippen molar-refractivity contribution in [3.8, 4) is 0 Å². The summed E-state index contributed by atoms with van der Waals surface area (Å²) in [6.07, 6.45) is 0.909. The van der Waals surface area contributed by atoms with Gasteiger partial charge in [0, 0.05) is 26.7 Å². The molecular weight excluding hydrogens is 208 g/mol. The Morgan fingerprint density at radius 2 is 2.12 bits per heavy atom. The third kappa shape index (κ3) is 3.12. The highest BCUT2D eigenvalue weighted by atomic mass is 16.4. The largest absolute Gasteiger partial charge is 0.481 e. The first-order chi connectivity index (χ1) is 7.41. The minimum Gasteiger partial charge on any atom is -0.481 e. The minimum atomic E-state index is -0.825. The number of carboxylic acids is 1. The molecule has 1 saturated heterocycles. The lowest BCUT2D eigenvalue weighted by molar-refractivity contribution is -0.143. The smallest absolute Gasteiger partial charge is 0.319 e. The quantitative estimate of drug-likeness (QED) is 0.783. The molecule has 1 aliphatic heterocycles. The summed E-state index contributed by atoms with van der Waals surface area (Å²) in [5, 5.41) is 8.97. The van der Waals surface area contributed by atoms with Gasteiger partial charge in [-0.1, -0.05) is 13.8 Å². The first-order valence-corrected chi connectivity index (χ1v) is 5.64. The highest BCUT2D eigenvalue weighted by Gasteiger charge is 2.33. The Bertz CT molecular complexity index is 278. The van der Waals surface area contributed by atoms with Crippen molar-refractivity contribution in [3.63, 3.8) is 0 Å². The van der Waals surface area contributed by atoms with Gasteiger partial charge in [-0.2, -0.15) is 0 Å². The molecule has 1 N–H and O–H groups in total. The summed E-state index contributed by atoms with van der Waals surface area (Å²) < 4.78 is 0. The maximum Gasteiger partial charge on any atom is 0.319 e. The molecule has 92 valence electrons. The summed E-state index contributed by atoms with van der Waals surface area (Å²) in [6, 6.07) is -0.0573. The van der Waals surface area contributed by atoms with Gasteiger partial charge in [0.05, 0.1) is 5.92 Å². The molecule has 0 saturated carbocycles. The lowest BCUT2D eigenvalue weighted by Crippen LogP contribution is -2.54. The van der Waals surface area contributed by atoms with E-state index in [0.717, 1.165) is 6.42 Å². The fourth-order valence-corrected chi connectivity index (χ4v) is 1.81. The van der Waals surface area contributed by atoms with Crippen LogP contribution in [-0.4, -0.2) is 53.6 Å². The van der Waals surface area contributed by atoms with E-state index < -0.39 is 11.9 Å². The number of hydrogen-bond acceptors (Lipinski definition) is 2. The maximum absolute atomic E-state index is 11.8. The zero-order valence-corrected chi connectivity index (χ0v) is 10.1. The second-order valence-electron chi connectivity index (χ2n) is 4.83. The van der Waals surface area contributed by atoms with Crippen molar-refractivity contribution in [1.82, 2.24) is 9.80 Å². The zero-order chi connectivity index (χ0) is 12.3. The average Bonchev–Trinajstić information content (AvgIpc) is 2.19. The average molecular weight is 228 g/mol. The predicted octanol–water partition coefficient (Wildman–Crippen LogP) is 1.10. The second-order valence-corrected chi connectivity index (χ2v) is 4.83. The minimum absolute atomic E-state index is 0.0573. The van der Waals surface area contributed by atoms with E-state index >= 15 is 0 Å². The van der Waals surface area contributed by atoms with Gasteiger partial charge in [0.1, 0.15) is 0 Å². The van der Waals surface area contributed by atoms with E-state index in [1.54, 1.807) is 11.9 Å². The third-order valence-corrected chi connectivity index (χ3v) is 2.86. The number of urea groups is 1. The van der Waals surface area contributed by atoms with Gasteiger partial charge in [0.25, 0.3) is 0 Å². The Kier molecular flexibility index (Phi) is 4.15. The van der Waals surface area contributed by atoms with Crippen molar-refractivity contribution in [2.45, 2.75) is 20.3 Å². The van der Waals surface area contributed by atoms with Crippen molar-refractivity contribution in [2.75, 3.05) is 26.7 Å². The lowest BCUT2D eigenvalue weighted by Gasteiger charge is -2.37. The highest BCUT2D eigenvalue weighted by molar-refractivity contribution is 5.79. The molecule has 0 aromatic rings. The monoisotopic (exact) mass is 228 g/mol. The van der Waals surface area contributed by atoms with Crippen LogP contribution in [0.25, 0.3) is 0 Å². The van der Waals surface area contributed by atoms with E-state index in [1.807, 2.05) is 0 Å². The number of carbonyl (C=O) groups is 2. The Morgan fingerprint density at radius 1 is 1.50 bits per heavy atom. The van der Waals surface area contributed by atoms with Gasteiger partial charge in [-0.25, -0.2) is 4.79 Å². The SMILES string of the molecule is CC(C)CCN1CC(C(=O)O)CN(C)C1=O. The van der Waals surface area contributed by atoms with Crippen molar-refractivity contribution in [1.29, 1.82) is 0 Å². The summed E-state index contributed by atoms with van der Waals surface area (Å²) in [6.45, 7) is 5.47. The summed E-state index contributed by atoms with van der Waals surface area (Å²) in [4.78, 5) is 25.8. The molecule has 2 amide bonds. The van der Waals surface area contributed by atoms with E-state index in [0.29, 0.717) is 25.6 Å². The van der Waals surface area contributed by atoms with Gasteiger partial charge in [0.15, 0.2) is 0 Å². The van der Waals surface area contributed by atoms with Gasteiger partial charge >= 0.3 is 12.0 Å². The standard InChI is InChI=1S/C11H20N2O3/c1-8(2)4-5-13-7-9(10(14)15)6-12(3)11(13)16/h8-9H,4-7H2,1-3H3,(H,14,15). The molecular formula is C11H20N2O3. The molecule has 0 aliphatic carbocycles. The van der Waals surface area contributed by atoms with Crippen molar-refractivity contribution >= 4 is 12.0 Å². The number of nitrogens with zero attached hydrogens (tertiary/aromatic N) is 2. The number of carboxylic acid groups (broad SMARTS) is 1. The number of aliphatic carboxylic acids is 1. The first kappa shape index (κ1) is 12.8. The van der Waals surface area contributed by atoms with Crippen LogP contribution < -0.4 is 0 Å². The normalized spacial score (nSPS) is 21.8. The summed E-state index contributed by atoms with van der Waals surface area (Å²) >= 11 is 0. The van der Waals surface area contributed by atoms with Crippen LogP contribution >= 0.6 is 0 Å². The van der Waals surface area contributed by atoms with E-state index in [9.17, 15) is 9.59 Å². The van der Waals surface area contributed by atoms with Gasteiger partial charge < -0.3 is 14.9 Å². The molecule has 0 aromatic heterocycles. The predicted molar refractivity (Wildman–Crippen MR) is 60.2 cm³/mol. The van der Waals surface area contributed by atoms with Crippen LogP contribution in [0.1, 0.15) is 20.3 Å². The highest BCUT2D eigenvalue weighted by Crippen LogP contribution is 2.15. The number of rotatable bonds is 4. The van der Waals surface area contributed by atoms with Crippen molar-refractivity contribution in [2.24, 2.45) is 11.8 Å². The van der Waals surface area contributed by atoms with E-state index in [1.165, 1.54) is 4.90 Å². The molecule has 1 atom stereocenters. The first-order valence-electron chi connectivity index (χ1n) is 5.64. The molecule has 0 bridgehead atoms. The van der Waals surface area contributed by atoms with E-state index in [4.69, 9.17) is 5.11 Å². The van der Waals surface area contributed by atoms with Gasteiger partial charge in [-0.15, -0.1) is 0 Å². The van der Waals surface area contributed by atoms with E-state index in [2.05, 4.69) is 13.8 Å². The van der Waals surface area contributed by atoms with Crippen LogP contribution in [0.15, 0.2) is 0 Å². The van der Waals surface area contributed by atoms with Gasteiger partial charge in [-0.05, 0) is 12.3 Å². The number of amides is 2. The molecule has 1 rings (SSSR count). The van der Waals surface area contributed by atoms with Crippen LogP contribution in [0.3, 0.4) is 0 Å². The molecule has 1 fully saturated rings. The lowest BCUT2D eigenvalue weighted by atomic mass is 10.1. The zero-order valence-electron chi connectivity index (χ0n) is 10.1. The van der Waals surface area contributed by atoms with Crippen molar-refractivity contribution < 1.29 is 14.7 Å². The fraction of sp³-hybridized carbons (Fsp3) is 0.818. The molecule has 1 heterocycles. The molecule has 16 heavy (non-hydrogen) atoms. The molecule has 1 aliphatic rings. The maximum atomic E-state index is 11.8. The van der Waals surface area contributed by atoms with Crippen LogP contribution in [0.2, 0.25) is 0 Å². The Labute approximate surface area is 96.0 Å². The van der Waals surface area contributed by atoms with Gasteiger partial charge in [-0.3, -0.25) is 4.79 Å². The molecule has 0 aromatic carbocycles. The van der Waals surface area contributed by atoms with Crippen molar-refractivity contribution in [3.05, 3.63) is 0 Å². The number of carbonyl (C=O) groups excluding carboxylic acids is 1. The molecule has 0 spiro atoms. The molecule has 0 radical (unpaired) electrons. The molecule has 5 heteroatoms. The number of hydrogen-bond donors (Lipinski definition) is 1. The second kappa shape index (κ2) is 5.18. The van der Waals surface area contributed by atoms with Crippen LogP contribution in [0.5, 0.6) is 0 Å². The summed E-state index contributed by atoms with van der Waals surface area (Å²) in [5.41, 5.74) is 0. The topological polar surface area (TPSA) is 60.9 Å². The summed E-state index contributed by atoms with van der Waals surface area (Å²) in [7, 11) is 1.65. The molecule has 5 nitrogen and oxygen atoms in total. The van der Waals surface area contributed by atoms with E-state index in [-0.39, 0.29) is 6.03 Å². The molecule has 1 unspecified atom stereocenters. The Morgan fingerprint density at radius 3 is 2.62 bits per heavy atom. The van der Waals surface area contributed by atoms with Crippen LogP contribution in [0.4, 0.5) is 4.79 Å². The van der Waals surface area contributed by atoms with Gasteiger partial charge in [0.2, 0.25) is 0 Å². The Balaban J connectivity index is 2.59.